The largest absolute Gasteiger partial charge is 0.480 e. The molecule has 144 valence electrons. The van der Waals surface area contributed by atoms with E-state index >= 15 is 0 Å². The summed E-state index contributed by atoms with van der Waals surface area (Å²) in [5.74, 6) is 0.734. The maximum absolute atomic E-state index is 12.7. The predicted molar refractivity (Wildman–Crippen MR) is 93.9 cm³/mol. The van der Waals surface area contributed by atoms with Gasteiger partial charge >= 0.3 is 12.0 Å². The summed E-state index contributed by atoms with van der Waals surface area (Å²) in [6.07, 6.45) is 1.56. The number of likely N-dealkylation sites (N-methyl/N-ethyl adjacent to an activating group) is 1. The fraction of sp³-hybridized carbons (Fsp3) is 0.667. The molecule has 1 atom stereocenters. The summed E-state index contributed by atoms with van der Waals surface area (Å²) in [7, 11) is 0. The van der Waals surface area contributed by atoms with Gasteiger partial charge in [0.25, 0.3) is 0 Å². The molecule has 0 spiro atoms. The molecular weight excluding hydrogens is 338 g/mol. The van der Waals surface area contributed by atoms with Crippen molar-refractivity contribution in [3.63, 3.8) is 0 Å². The van der Waals surface area contributed by atoms with E-state index in [9.17, 15) is 9.59 Å². The highest BCUT2D eigenvalue weighted by Gasteiger charge is 2.37. The third-order valence-electron chi connectivity index (χ3n) is 5.18. The molecule has 0 bridgehead atoms. The van der Waals surface area contributed by atoms with Gasteiger partial charge in [-0.25, -0.2) is 4.79 Å². The first-order valence-corrected chi connectivity index (χ1v) is 9.15. The van der Waals surface area contributed by atoms with Crippen LogP contribution in [0.2, 0.25) is 0 Å². The number of aryl methyl sites for hydroxylation is 1. The van der Waals surface area contributed by atoms with Crippen LogP contribution in [0.15, 0.2) is 16.5 Å². The Balaban J connectivity index is 1.54. The topological polar surface area (TPSA) is 95.3 Å². The fourth-order valence-electron chi connectivity index (χ4n) is 3.65. The molecule has 1 unspecified atom stereocenters. The molecule has 0 radical (unpaired) electrons. The molecule has 26 heavy (non-hydrogen) atoms. The van der Waals surface area contributed by atoms with E-state index in [-0.39, 0.29) is 30.7 Å². The minimum Gasteiger partial charge on any atom is -0.480 e. The van der Waals surface area contributed by atoms with E-state index in [1.165, 1.54) is 0 Å². The molecule has 2 heterocycles. The van der Waals surface area contributed by atoms with Crippen LogP contribution in [0.1, 0.15) is 37.3 Å². The van der Waals surface area contributed by atoms with E-state index in [0.29, 0.717) is 26.3 Å². The Morgan fingerprint density at radius 1 is 1.38 bits per heavy atom. The van der Waals surface area contributed by atoms with Crippen molar-refractivity contribution in [1.82, 2.24) is 15.1 Å². The van der Waals surface area contributed by atoms with Gasteiger partial charge in [0, 0.05) is 18.6 Å². The van der Waals surface area contributed by atoms with Crippen LogP contribution in [0.25, 0.3) is 0 Å². The maximum atomic E-state index is 12.7. The summed E-state index contributed by atoms with van der Waals surface area (Å²) in [6.45, 7) is 6.04. The van der Waals surface area contributed by atoms with Crippen LogP contribution in [0.5, 0.6) is 0 Å². The van der Waals surface area contributed by atoms with Crippen LogP contribution < -0.4 is 5.32 Å². The molecular formula is C18H27N3O5. The fourth-order valence-corrected chi connectivity index (χ4v) is 3.65. The van der Waals surface area contributed by atoms with Crippen molar-refractivity contribution in [1.29, 1.82) is 0 Å². The molecule has 0 aromatic carbocycles. The van der Waals surface area contributed by atoms with Gasteiger partial charge in [-0.15, -0.1) is 0 Å². The Kier molecular flexibility index (Phi) is 5.83. The van der Waals surface area contributed by atoms with Crippen molar-refractivity contribution in [3.8, 4) is 0 Å². The molecule has 1 aliphatic heterocycles. The molecule has 1 aromatic heterocycles. The molecule has 1 saturated heterocycles. The molecule has 8 heteroatoms. The third kappa shape index (κ3) is 4.19. The van der Waals surface area contributed by atoms with Gasteiger partial charge in [-0.05, 0) is 38.4 Å². The lowest BCUT2D eigenvalue weighted by atomic mass is 9.85. The van der Waals surface area contributed by atoms with Crippen molar-refractivity contribution in [2.24, 2.45) is 0 Å². The number of nitrogens with zero attached hydrogens (tertiary/aromatic N) is 2. The molecule has 8 nitrogen and oxygen atoms in total. The zero-order valence-corrected chi connectivity index (χ0v) is 15.3. The highest BCUT2D eigenvalue weighted by Crippen LogP contribution is 2.28. The van der Waals surface area contributed by atoms with Crippen LogP contribution in [-0.4, -0.2) is 71.8 Å². The van der Waals surface area contributed by atoms with Gasteiger partial charge in [0.1, 0.15) is 17.6 Å². The second kappa shape index (κ2) is 8.09. The lowest BCUT2D eigenvalue weighted by Gasteiger charge is -2.43. The van der Waals surface area contributed by atoms with Crippen LogP contribution in [0.4, 0.5) is 4.79 Å². The molecule has 1 saturated carbocycles. The van der Waals surface area contributed by atoms with Crippen LogP contribution >= 0.6 is 0 Å². The number of amides is 2. The maximum Gasteiger partial charge on any atom is 0.318 e. The van der Waals surface area contributed by atoms with Crippen molar-refractivity contribution in [2.75, 3.05) is 32.8 Å². The van der Waals surface area contributed by atoms with E-state index in [0.717, 1.165) is 24.4 Å². The first kappa shape index (κ1) is 18.7. The first-order chi connectivity index (χ1) is 12.5. The Hall–Kier alpha value is -2.06. The van der Waals surface area contributed by atoms with E-state index in [1.54, 1.807) is 4.90 Å². The van der Waals surface area contributed by atoms with Gasteiger partial charge < -0.3 is 24.5 Å². The number of morpholine rings is 1. The van der Waals surface area contributed by atoms with Gasteiger partial charge in [-0.2, -0.15) is 0 Å². The van der Waals surface area contributed by atoms with Gasteiger partial charge in [0.05, 0.1) is 19.8 Å². The van der Waals surface area contributed by atoms with Gasteiger partial charge in [0.2, 0.25) is 0 Å². The van der Waals surface area contributed by atoms with Crippen LogP contribution in [-0.2, 0) is 9.53 Å². The number of nitrogens with one attached hydrogen (secondary N) is 1. The monoisotopic (exact) mass is 365 g/mol. The Bertz CT molecular complexity index is 641. The molecule has 1 aromatic rings. The minimum absolute atomic E-state index is 0.0468. The Labute approximate surface area is 153 Å². The lowest BCUT2D eigenvalue weighted by molar-refractivity contribution is -0.139. The number of hydrogen-bond acceptors (Lipinski definition) is 5. The van der Waals surface area contributed by atoms with E-state index in [4.69, 9.17) is 14.3 Å². The normalized spacial score (nSPS) is 25.8. The molecule has 2 fully saturated rings. The van der Waals surface area contributed by atoms with Gasteiger partial charge in [0.15, 0.2) is 0 Å². The van der Waals surface area contributed by atoms with Crippen molar-refractivity contribution >= 4 is 12.0 Å². The van der Waals surface area contributed by atoms with Gasteiger partial charge in [-0.3, -0.25) is 9.69 Å². The summed E-state index contributed by atoms with van der Waals surface area (Å²) in [5, 5.41) is 12.0. The highest BCUT2D eigenvalue weighted by molar-refractivity contribution is 5.75. The molecule has 2 amide bonds. The van der Waals surface area contributed by atoms with E-state index in [1.807, 2.05) is 30.9 Å². The number of ether oxygens (including phenoxy) is 1. The van der Waals surface area contributed by atoms with Crippen LogP contribution in [0, 0.1) is 6.92 Å². The van der Waals surface area contributed by atoms with E-state index in [2.05, 4.69) is 5.32 Å². The Morgan fingerprint density at radius 3 is 2.77 bits per heavy atom. The number of carbonyl (C=O) groups excluding carboxylic acids is 1. The summed E-state index contributed by atoms with van der Waals surface area (Å²) < 4.78 is 11.2. The summed E-state index contributed by atoms with van der Waals surface area (Å²) in [5.41, 5.74) is 0. The highest BCUT2D eigenvalue weighted by atomic mass is 16.5. The minimum atomic E-state index is -0.816. The second-order valence-electron chi connectivity index (χ2n) is 6.96. The number of carbonyl (C=O) groups is 2. The zero-order chi connectivity index (χ0) is 18.7. The molecule has 2 N–H and O–H groups in total. The van der Waals surface area contributed by atoms with Crippen LogP contribution in [0.3, 0.4) is 0 Å². The van der Waals surface area contributed by atoms with Crippen molar-refractivity contribution in [2.45, 2.75) is 44.8 Å². The number of carboxylic acids is 1. The number of hydrogen-bond donors (Lipinski definition) is 2. The summed E-state index contributed by atoms with van der Waals surface area (Å²) >= 11 is 0. The predicted octanol–water partition coefficient (Wildman–Crippen LogP) is 1.61. The third-order valence-corrected chi connectivity index (χ3v) is 5.18. The number of aliphatic carboxylic acids is 1. The lowest BCUT2D eigenvalue weighted by Crippen LogP contribution is -2.58. The quantitative estimate of drug-likeness (QED) is 0.795. The average Bonchev–Trinajstić information content (AvgIpc) is 3.02. The summed E-state index contributed by atoms with van der Waals surface area (Å²) in [4.78, 5) is 27.3. The smallest absolute Gasteiger partial charge is 0.318 e. The van der Waals surface area contributed by atoms with Gasteiger partial charge in [-0.1, -0.05) is 6.92 Å². The second-order valence-corrected chi connectivity index (χ2v) is 6.96. The zero-order valence-electron chi connectivity index (χ0n) is 15.3. The number of furan rings is 1. The van der Waals surface area contributed by atoms with E-state index < -0.39 is 5.97 Å². The number of carboxylic acid groups (broad SMARTS) is 1. The average molecular weight is 365 g/mol. The van der Waals surface area contributed by atoms with Crippen molar-refractivity contribution in [3.05, 3.63) is 23.7 Å². The number of rotatable bonds is 6. The summed E-state index contributed by atoms with van der Waals surface area (Å²) in [6, 6.07) is 3.74. The Morgan fingerprint density at radius 2 is 2.15 bits per heavy atom. The first-order valence-electron chi connectivity index (χ1n) is 9.15. The molecule has 3 rings (SSSR count). The standard InChI is InChI=1S/C18H27N3O5/c1-3-20(10-17(22)23)14-8-13(9-14)19-18(24)21-6-7-25-11-15(21)16-5-4-12(2)26-16/h4-5,13-15H,3,6-11H2,1-2H3,(H,19,24)(H,22,23). The number of urea groups is 1. The molecule has 2 aliphatic rings. The SMILES string of the molecule is CCN(CC(=O)O)C1CC(NC(=O)N2CCOCC2c2ccc(C)o2)C1. The van der Waals surface area contributed by atoms with Crippen molar-refractivity contribution < 1.29 is 23.8 Å². The molecule has 1 aliphatic carbocycles.